The summed E-state index contributed by atoms with van der Waals surface area (Å²) in [6, 6.07) is 3.80. The van der Waals surface area contributed by atoms with Crippen LogP contribution in [0.25, 0.3) is 0 Å². The maximum Gasteiger partial charge on any atom is 0.410 e. The molecule has 0 saturated carbocycles. The highest BCUT2D eigenvalue weighted by Crippen LogP contribution is 2.32. The van der Waals surface area contributed by atoms with E-state index in [0.29, 0.717) is 25.9 Å². The first-order valence-electron chi connectivity index (χ1n) is 7.33. The van der Waals surface area contributed by atoms with Crippen molar-refractivity contribution in [1.82, 2.24) is 9.88 Å². The summed E-state index contributed by atoms with van der Waals surface area (Å²) in [6.45, 7) is 8.44. The largest absolute Gasteiger partial charge is 0.444 e. The monoisotopic (exact) mass is 292 g/mol. The Morgan fingerprint density at radius 2 is 1.95 bits per heavy atom. The first-order chi connectivity index (χ1) is 9.70. The second kappa shape index (κ2) is 5.64. The summed E-state index contributed by atoms with van der Waals surface area (Å²) in [5.74, 6) is 0. The molecule has 1 fully saturated rings. The number of aliphatic hydroxyl groups is 1. The zero-order valence-corrected chi connectivity index (χ0v) is 13.2. The molecule has 1 aromatic rings. The molecule has 5 nitrogen and oxygen atoms in total. The molecule has 2 heterocycles. The van der Waals surface area contributed by atoms with Gasteiger partial charge >= 0.3 is 6.09 Å². The predicted octanol–water partition coefficient (Wildman–Crippen LogP) is 2.61. The van der Waals surface area contributed by atoms with Gasteiger partial charge in [0.05, 0.1) is 5.60 Å². The molecule has 1 aromatic heterocycles. The molecule has 5 heteroatoms. The number of rotatable bonds is 1. The van der Waals surface area contributed by atoms with Crippen molar-refractivity contribution in [3.05, 3.63) is 29.6 Å². The van der Waals surface area contributed by atoms with Gasteiger partial charge < -0.3 is 14.7 Å². The maximum atomic E-state index is 12.0. The Morgan fingerprint density at radius 1 is 1.33 bits per heavy atom. The minimum Gasteiger partial charge on any atom is -0.444 e. The third-order valence-corrected chi connectivity index (χ3v) is 3.69. The fraction of sp³-hybridized carbons (Fsp3) is 0.625. The van der Waals surface area contributed by atoms with Crippen LogP contribution in [0.1, 0.15) is 44.9 Å². The van der Waals surface area contributed by atoms with Gasteiger partial charge in [-0.2, -0.15) is 0 Å². The Kier molecular flexibility index (Phi) is 4.23. The first kappa shape index (κ1) is 15.8. The number of amides is 1. The number of piperidine rings is 1. The minimum absolute atomic E-state index is 0.313. The van der Waals surface area contributed by atoms with Gasteiger partial charge in [0.15, 0.2) is 0 Å². The van der Waals surface area contributed by atoms with Gasteiger partial charge in [-0.1, -0.05) is 6.07 Å². The van der Waals surface area contributed by atoms with Crippen LogP contribution in [0, 0.1) is 6.92 Å². The molecule has 1 aliphatic rings. The molecule has 1 saturated heterocycles. The molecule has 0 aromatic carbocycles. The van der Waals surface area contributed by atoms with Crippen LogP contribution < -0.4 is 0 Å². The Balaban J connectivity index is 1.99. The smallest absolute Gasteiger partial charge is 0.410 e. The Bertz CT molecular complexity index is 497. The SMILES string of the molecule is Cc1ccc(C2(O)CCN(C(=O)OC(C)(C)C)CC2)cn1. The molecule has 0 bridgehead atoms. The van der Waals surface area contributed by atoms with E-state index in [4.69, 9.17) is 4.74 Å². The van der Waals surface area contributed by atoms with Gasteiger partial charge in [0, 0.05) is 30.5 Å². The summed E-state index contributed by atoms with van der Waals surface area (Å²) in [7, 11) is 0. The van der Waals surface area contributed by atoms with Crippen LogP contribution in [0.4, 0.5) is 4.79 Å². The second-order valence-corrected chi connectivity index (χ2v) is 6.69. The van der Waals surface area contributed by atoms with Crippen molar-refractivity contribution in [3.8, 4) is 0 Å². The third kappa shape index (κ3) is 3.94. The number of aryl methyl sites for hydroxylation is 1. The lowest BCUT2D eigenvalue weighted by atomic mass is 9.85. The lowest BCUT2D eigenvalue weighted by Crippen LogP contribution is -2.46. The van der Waals surface area contributed by atoms with Crippen molar-refractivity contribution in [1.29, 1.82) is 0 Å². The second-order valence-electron chi connectivity index (χ2n) is 6.69. The number of nitrogens with zero attached hydrogens (tertiary/aromatic N) is 2. The van der Waals surface area contributed by atoms with Crippen molar-refractivity contribution in [2.45, 2.75) is 51.7 Å². The van der Waals surface area contributed by atoms with Crippen LogP contribution in [-0.4, -0.2) is 39.8 Å². The summed E-state index contributed by atoms with van der Waals surface area (Å²) in [4.78, 5) is 17.9. The number of pyridine rings is 1. The lowest BCUT2D eigenvalue weighted by molar-refractivity contribution is -0.0358. The fourth-order valence-corrected chi connectivity index (χ4v) is 2.42. The molecule has 1 N–H and O–H groups in total. The van der Waals surface area contributed by atoms with Crippen molar-refractivity contribution >= 4 is 6.09 Å². The first-order valence-corrected chi connectivity index (χ1v) is 7.33. The van der Waals surface area contributed by atoms with E-state index in [9.17, 15) is 9.90 Å². The summed E-state index contributed by atoms with van der Waals surface area (Å²) >= 11 is 0. The molecule has 1 aliphatic heterocycles. The van der Waals surface area contributed by atoms with Crippen LogP contribution in [0.2, 0.25) is 0 Å². The van der Waals surface area contributed by atoms with E-state index in [2.05, 4.69) is 4.98 Å². The number of hydrogen-bond acceptors (Lipinski definition) is 4. The molecule has 0 unspecified atom stereocenters. The van der Waals surface area contributed by atoms with E-state index in [1.807, 2.05) is 39.8 Å². The van der Waals surface area contributed by atoms with Crippen molar-refractivity contribution < 1.29 is 14.6 Å². The van der Waals surface area contributed by atoms with Gasteiger partial charge in [-0.25, -0.2) is 4.79 Å². The minimum atomic E-state index is -0.904. The summed E-state index contributed by atoms with van der Waals surface area (Å²) in [5, 5.41) is 10.7. The highest BCUT2D eigenvalue weighted by molar-refractivity contribution is 5.68. The number of ether oxygens (including phenoxy) is 1. The summed E-state index contributed by atoms with van der Waals surface area (Å²) in [5.41, 5.74) is 0.343. The number of hydrogen-bond donors (Lipinski definition) is 1. The molecule has 2 rings (SSSR count). The average molecular weight is 292 g/mol. The molecule has 0 spiro atoms. The third-order valence-electron chi connectivity index (χ3n) is 3.69. The van der Waals surface area contributed by atoms with Crippen molar-refractivity contribution in [2.75, 3.05) is 13.1 Å². The van der Waals surface area contributed by atoms with Crippen LogP contribution in [0.15, 0.2) is 18.3 Å². The van der Waals surface area contributed by atoms with Gasteiger partial charge in [-0.3, -0.25) is 4.98 Å². The van der Waals surface area contributed by atoms with Gasteiger partial charge in [0.25, 0.3) is 0 Å². The van der Waals surface area contributed by atoms with Gasteiger partial charge in [-0.05, 0) is 46.6 Å². The molecular formula is C16H24N2O3. The van der Waals surface area contributed by atoms with Crippen molar-refractivity contribution in [3.63, 3.8) is 0 Å². The Morgan fingerprint density at radius 3 is 2.43 bits per heavy atom. The highest BCUT2D eigenvalue weighted by atomic mass is 16.6. The molecular weight excluding hydrogens is 268 g/mol. The Hall–Kier alpha value is -1.62. The van der Waals surface area contributed by atoms with Crippen LogP contribution >= 0.6 is 0 Å². The van der Waals surface area contributed by atoms with Crippen LogP contribution in [0.5, 0.6) is 0 Å². The Labute approximate surface area is 125 Å². The van der Waals surface area contributed by atoms with E-state index in [-0.39, 0.29) is 6.09 Å². The quantitative estimate of drug-likeness (QED) is 0.864. The normalized spacial score (nSPS) is 18.4. The van der Waals surface area contributed by atoms with Crippen LogP contribution in [-0.2, 0) is 10.3 Å². The molecule has 0 aliphatic carbocycles. The fourth-order valence-electron chi connectivity index (χ4n) is 2.42. The molecule has 0 atom stereocenters. The number of carbonyl (C=O) groups excluding carboxylic acids is 1. The maximum absolute atomic E-state index is 12.0. The van der Waals surface area contributed by atoms with Crippen molar-refractivity contribution in [2.24, 2.45) is 0 Å². The lowest BCUT2D eigenvalue weighted by Gasteiger charge is -2.38. The van der Waals surface area contributed by atoms with E-state index in [1.54, 1.807) is 11.1 Å². The molecule has 0 radical (unpaired) electrons. The number of aromatic nitrogens is 1. The zero-order valence-electron chi connectivity index (χ0n) is 13.2. The zero-order chi connectivity index (χ0) is 15.7. The number of carbonyl (C=O) groups is 1. The van der Waals surface area contributed by atoms with Crippen LogP contribution in [0.3, 0.4) is 0 Å². The molecule has 21 heavy (non-hydrogen) atoms. The van der Waals surface area contributed by atoms with Gasteiger partial charge in [0.1, 0.15) is 5.60 Å². The van der Waals surface area contributed by atoms with E-state index in [1.165, 1.54) is 0 Å². The number of likely N-dealkylation sites (tertiary alicyclic amines) is 1. The average Bonchev–Trinajstić information content (AvgIpc) is 2.38. The van der Waals surface area contributed by atoms with Gasteiger partial charge in [0.2, 0.25) is 0 Å². The summed E-state index contributed by atoms with van der Waals surface area (Å²) < 4.78 is 5.36. The highest BCUT2D eigenvalue weighted by Gasteiger charge is 2.36. The topological polar surface area (TPSA) is 62.7 Å². The standard InChI is InChI=1S/C16H24N2O3/c1-12-5-6-13(11-17-12)16(20)7-9-18(10-8-16)14(19)21-15(2,3)4/h5-6,11,20H,7-10H2,1-4H3. The predicted molar refractivity (Wildman–Crippen MR) is 79.9 cm³/mol. The summed E-state index contributed by atoms with van der Waals surface area (Å²) in [6.07, 6.45) is 2.40. The molecule has 1 amide bonds. The molecule has 116 valence electrons. The van der Waals surface area contributed by atoms with E-state index in [0.717, 1.165) is 11.3 Å². The van der Waals surface area contributed by atoms with Gasteiger partial charge in [-0.15, -0.1) is 0 Å². The van der Waals surface area contributed by atoms with E-state index < -0.39 is 11.2 Å². The van der Waals surface area contributed by atoms with E-state index >= 15 is 0 Å².